The lowest BCUT2D eigenvalue weighted by Crippen LogP contribution is -2.40. The first-order valence-corrected chi connectivity index (χ1v) is 7.02. The SMILES string of the molecule is NC(=O)C1CCC(NC(=O)CSCC(=O)O)CC1. The molecule has 0 saturated heterocycles. The monoisotopic (exact) mass is 274 g/mol. The first kappa shape index (κ1) is 14.8. The molecule has 0 unspecified atom stereocenters. The number of primary amides is 1. The molecule has 1 aliphatic carbocycles. The molecule has 4 N–H and O–H groups in total. The van der Waals surface area contributed by atoms with E-state index in [0.29, 0.717) is 12.8 Å². The second-order valence-corrected chi connectivity index (χ2v) is 5.39. The highest BCUT2D eigenvalue weighted by atomic mass is 32.2. The predicted octanol–water partition coefficient (Wildman–Crippen LogP) is -0.0355. The predicted molar refractivity (Wildman–Crippen MR) is 68.0 cm³/mol. The quantitative estimate of drug-likeness (QED) is 0.630. The second-order valence-electron chi connectivity index (χ2n) is 4.40. The van der Waals surface area contributed by atoms with Gasteiger partial charge in [-0.05, 0) is 25.7 Å². The molecule has 6 nitrogen and oxygen atoms in total. The molecule has 1 rings (SSSR count). The molecule has 18 heavy (non-hydrogen) atoms. The number of carboxylic acids is 1. The molecule has 0 aromatic carbocycles. The molecule has 1 fully saturated rings. The number of carbonyl (C=O) groups excluding carboxylic acids is 2. The van der Waals surface area contributed by atoms with Crippen molar-refractivity contribution in [3.8, 4) is 0 Å². The van der Waals surface area contributed by atoms with Crippen LogP contribution in [-0.2, 0) is 14.4 Å². The van der Waals surface area contributed by atoms with Crippen molar-refractivity contribution >= 4 is 29.5 Å². The maximum absolute atomic E-state index is 11.5. The van der Waals surface area contributed by atoms with E-state index in [1.165, 1.54) is 0 Å². The van der Waals surface area contributed by atoms with Crippen LogP contribution < -0.4 is 11.1 Å². The van der Waals surface area contributed by atoms with Crippen LogP contribution in [0.1, 0.15) is 25.7 Å². The van der Waals surface area contributed by atoms with Gasteiger partial charge in [0.25, 0.3) is 0 Å². The number of carboxylic acid groups (broad SMARTS) is 1. The van der Waals surface area contributed by atoms with Gasteiger partial charge < -0.3 is 16.2 Å². The topological polar surface area (TPSA) is 109 Å². The lowest BCUT2D eigenvalue weighted by atomic mass is 9.85. The van der Waals surface area contributed by atoms with Crippen LogP contribution in [0.3, 0.4) is 0 Å². The van der Waals surface area contributed by atoms with E-state index in [1.54, 1.807) is 0 Å². The minimum atomic E-state index is -0.922. The number of thioether (sulfide) groups is 1. The van der Waals surface area contributed by atoms with Gasteiger partial charge in [-0.25, -0.2) is 0 Å². The highest BCUT2D eigenvalue weighted by Crippen LogP contribution is 2.23. The lowest BCUT2D eigenvalue weighted by molar-refractivity contribution is -0.134. The maximum atomic E-state index is 11.5. The molecule has 0 aliphatic heterocycles. The summed E-state index contributed by atoms with van der Waals surface area (Å²) in [6.07, 6.45) is 2.93. The van der Waals surface area contributed by atoms with E-state index in [-0.39, 0.29) is 35.3 Å². The van der Waals surface area contributed by atoms with Crippen molar-refractivity contribution in [3.05, 3.63) is 0 Å². The van der Waals surface area contributed by atoms with Crippen LogP contribution in [-0.4, -0.2) is 40.4 Å². The molecule has 0 bridgehead atoms. The van der Waals surface area contributed by atoms with Crippen LogP contribution in [0.15, 0.2) is 0 Å². The Bertz CT molecular complexity index is 327. The summed E-state index contributed by atoms with van der Waals surface area (Å²) in [5.74, 6) is -1.32. The van der Waals surface area contributed by atoms with Crippen LogP contribution in [0.5, 0.6) is 0 Å². The maximum Gasteiger partial charge on any atom is 0.313 e. The van der Waals surface area contributed by atoms with Crippen molar-refractivity contribution in [1.29, 1.82) is 0 Å². The normalized spacial score (nSPS) is 23.3. The van der Waals surface area contributed by atoms with Gasteiger partial charge in [0, 0.05) is 12.0 Å². The molecule has 2 amide bonds. The second kappa shape index (κ2) is 7.25. The molecular formula is C11H18N2O4S. The van der Waals surface area contributed by atoms with Crippen molar-refractivity contribution in [2.24, 2.45) is 11.7 Å². The van der Waals surface area contributed by atoms with Gasteiger partial charge in [0.05, 0.1) is 11.5 Å². The van der Waals surface area contributed by atoms with Crippen molar-refractivity contribution < 1.29 is 19.5 Å². The molecule has 0 heterocycles. The highest BCUT2D eigenvalue weighted by Gasteiger charge is 2.25. The fourth-order valence-corrected chi connectivity index (χ4v) is 2.57. The third kappa shape index (κ3) is 5.39. The van der Waals surface area contributed by atoms with Gasteiger partial charge in [0.1, 0.15) is 0 Å². The van der Waals surface area contributed by atoms with Crippen LogP contribution in [0.2, 0.25) is 0 Å². The molecule has 0 radical (unpaired) electrons. The Morgan fingerprint density at radius 2 is 1.78 bits per heavy atom. The van der Waals surface area contributed by atoms with Crippen molar-refractivity contribution in [2.75, 3.05) is 11.5 Å². The largest absolute Gasteiger partial charge is 0.481 e. The zero-order valence-electron chi connectivity index (χ0n) is 10.1. The standard InChI is InChI=1S/C11H18N2O4S/c12-11(17)7-1-3-8(4-2-7)13-9(14)5-18-6-10(15)16/h7-8H,1-6H2,(H2,12,17)(H,13,14)(H,15,16). The Morgan fingerprint density at radius 1 is 1.17 bits per heavy atom. The number of nitrogens with two attached hydrogens (primary N) is 1. The van der Waals surface area contributed by atoms with E-state index in [0.717, 1.165) is 24.6 Å². The molecule has 7 heteroatoms. The van der Waals surface area contributed by atoms with Gasteiger partial charge in [-0.15, -0.1) is 11.8 Å². The minimum absolute atomic E-state index is 0.0676. The number of aliphatic carboxylic acids is 1. The first-order valence-electron chi connectivity index (χ1n) is 5.87. The van der Waals surface area contributed by atoms with E-state index in [2.05, 4.69) is 5.32 Å². The molecule has 0 aromatic heterocycles. The zero-order valence-corrected chi connectivity index (χ0v) is 10.9. The lowest BCUT2D eigenvalue weighted by Gasteiger charge is -2.27. The number of nitrogens with one attached hydrogen (secondary N) is 1. The summed E-state index contributed by atoms with van der Waals surface area (Å²) in [5, 5.41) is 11.3. The van der Waals surface area contributed by atoms with Crippen LogP contribution in [0.25, 0.3) is 0 Å². The van der Waals surface area contributed by atoms with Gasteiger partial charge in [0.2, 0.25) is 11.8 Å². The van der Waals surface area contributed by atoms with E-state index in [9.17, 15) is 14.4 Å². The third-order valence-electron chi connectivity index (χ3n) is 2.95. The summed E-state index contributed by atoms with van der Waals surface area (Å²) in [5.41, 5.74) is 5.22. The molecule has 102 valence electrons. The summed E-state index contributed by atoms with van der Waals surface area (Å²) in [6.45, 7) is 0. The highest BCUT2D eigenvalue weighted by molar-refractivity contribution is 8.00. The van der Waals surface area contributed by atoms with Crippen molar-refractivity contribution in [1.82, 2.24) is 5.32 Å². The Hall–Kier alpha value is -1.24. The van der Waals surface area contributed by atoms with E-state index in [4.69, 9.17) is 10.8 Å². The van der Waals surface area contributed by atoms with Crippen LogP contribution >= 0.6 is 11.8 Å². The molecule has 1 saturated carbocycles. The summed E-state index contributed by atoms with van der Waals surface area (Å²) in [7, 11) is 0. The molecule has 0 aromatic rings. The van der Waals surface area contributed by atoms with Gasteiger partial charge in [-0.3, -0.25) is 14.4 Å². The zero-order chi connectivity index (χ0) is 13.5. The Labute approximate surface area is 110 Å². The van der Waals surface area contributed by atoms with Gasteiger partial charge in [-0.2, -0.15) is 0 Å². The summed E-state index contributed by atoms with van der Waals surface area (Å²) >= 11 is 1.08. The van der Waals surface area contributed by atoms with E-state index in [1.807, 2.05) is 0 Å². The number of amides is 2. The molecule has 0 atom stereocenters. The van der Waals surface area contributed by atoms with Crippen LogP contribution in [0, 0.1) is 5.92 Å². The van der Waals surface area contributed by atoms with Crippen LogP contribution in [0.4, 0.5) is 0 Å². The smallest absolute Gasteiger partial charge is 0.313 e. The fraction of sp³-hybridized carbons (Fsp3) is 0.727. The Morgan fingerprint density at radius 3 is 2.28 bits per heavy atom. The first-order chi connectivity index (χ1) is 8.49. The average Bonchev–Trinajstić information content (AvgIpc) is 2.29. The Kier molecular flexibility index (Phi) is 5.97. The molecular weight excluding hydrogens is 256 g/mol. The summed E-state index contributed by atoms with van der Waals surface area (Å²) < 4.78 is 0. The van der Waals surface area contributed by atoms with Gasteiger partial charge in [0.15, 0.2) is 0 Å². The third-order valence-corrected chi connectivity index (χ3v) is 3.87. The van der Waals surface area contributed by atoms with E-state index >= 15 is 0 Å². The average molecular weight is 274 g/mol. The molecule has 1 aliphatic rings. The van der Waals surface area contributed by atoms with Crippen molar-refractivity contribution in [2.45, 2.75) is 31.7 Å². The molecule has 0 spiro atoms. The number of hydrogen-bond acceptors (Lipinski definition) is 4. The van der Waals surface area contributed by atoms with Crippen molar-refractivity contribution in [3.63, 3.8) is 0 Å². The van der Waals surface area contributed by atoms with Gasteiger partial charge >= 0.3 is 5.97 Å². The van der Waals surface area contributed by atoms with E-state index < -0.39 is 5.97 Å². The summed E-state index contributed by atoms with van der Waals surface area (Å²) in [4.78, 5) is 32.7. The number of hydrogen-bond donors (Lipinski definition) is 3. The fourth-order valence-electron chi connectivity index (χ4n) is 2.02. The summed E-state index contributed by atoms with van der Waals surface area (Å²) in [6, 6.07) is 0.0820. The number of rotatable bonds is 6. The number of carbonyl (C=O) groups is 3. The van der Waals surface area contributed by atoms with Gasteiger partial charge in [-0.1, -0.05) is 0 Å². The Balaban J connectivity index is 2.18. The minimum Gasteiger partial charge on any atom is -0.481 e.